The average molecular weight is 960 g/mol. The van der Waals surface area contributed by atoms with Crippen LogP contribution in [0.3, 0.4) is 0 Å². The van der Waals surface area contributed by atoms with Gasteiger partial charge >= 0.3 is 36.1 Å². The summed E-state index contributed by atoms with van der Waals surface area (Å²) in [6, 6.07) is -0.614. The molecule has 19 nitrogen and oxygen atoms in total. The first-order chi connectivity index (χ1) is 30.2. The van der Waals surface area contributed by atoms with Crippen LogP contribution in [0.5, 0.6) is 0 Å². The number of phosphoric acid groups is 1. The number of fused-ring (bicyclic) bond motifs is 2. The molecular formula is C43H80N2O17PS+. The summed E-state index contributed by atoms with van der Waals surface area (Å²) in [6.45, 7) is 2.61. The van der Waals surface area contributed by atoms with Crippen molar-refractivity contribution in [3.8, 4) is 0 Å². The van der Waals surface area contributed by atoms with Gasteiger partial charge in [0.15, 0.2) is 11.9 Å². The van der Waals surface area contributed by atoms with Crippen molar-refractivity contribution in [3.63, 3.8) is 0 Å². The van der Waals surface area contributed by atoms with Gasteiger partial charge in [-0.1, -0.05) is 83.1 Å². The number of ether oxygens (including phenoxy) is 6. The maximum atomic E-state index is 12.5. The van der Waals surface area contributed by atoms with Crippen molar-refractivity contribution in [1.82, 2.24) is 0 Å². The maximum Gasteiger partial charge on any atom is 0.472 e. The van der Waals surface area contributed by atoms with Crippen LogP contribution in [-0.4, -0.2) is 144 Å². The first kappa shape index (κ1) is 58.1. The van der Waals surface area contributed by atoms with Crippen LogP contribution in [0.1, 0.15) is 142 Å². The Balaban J connectivity index is 1.62. The minimum Gasteiger partial charge on any atom is -0.462 e. The van der Waals surface area contributed by atoms with E-state index in [1.165, 1.54) is 64.9 Å². The van der Waals surface area contributed by atoms with Crippen LogP contribution in [0, 0.1) is 0 Å². The zero-order valence-corrected chi connectivity index (χ0v) is 40.7. The Morgan fingerprint density at radius 1 is 0.828 bits per heavy atom. The van der Waals surface area contributed by atoms with E-state index in [0.717, 1.165) is 64.2 Å². The Bertz CT molecular complexity index is 1530. The van der Waals surface area contributed by atoms with E-state index in [0.29, 0.717) is 36.9 Å². The largest absolute Gasteiger partial charge is 0.472 e. The van der Waals surface area contributed by atoms with Crippen molar-refractivity contribution in [2.75, 3.05) is 67.3 Å². The van der Waals surface area contributed by atoms with E-state index in [-0.39, 0.29) is 50.7 Å². The molecule has 2 bridgehead atoms. The summed E-state index contributed by atoms with van der Waals surface area (Å²) >= 11 is 0. The Morgan fingerprint density at radius 3 is 2.06 bits per heavy atom. The highest BCUT2D eigenvalue weighted by molar-refractivity contribution is 7.80. The molecule has 0 spiro atoms. The van der Waals surface area contributed by atoms with Crippen LogP contribution in [0.2, 0.25) is 0 Å². The molecule has 2 aliphatic heterocycles. The SMILES string of the molecule is CC(=O)OC[C@H](COP(=O)(O)OCC[N+](C)(C)C)OC(=O)/C=C/CCCCCC1OC2(CCCCCCCCCCCCCCOCC(N)COS(=O)(=O)O)CCC(OC(C)=O)C1O2. The van der Waals surface area contributed by atoms with E-state index in [2.05, 4.69) is 4.18 Å². The molecule has 0 saturated carbocycles. The summed E-state index contributed by atoms with van der Waals surface area (Å²) in [5.74, 6) is -2.28. The minimum atomic E-state index is -4.48. The number of unbranched alkanes of at least 4 members (excludes halogenated alkanes) is 14. The van der Waals surface area contributed by atoms with E-state index in [1.807, 2.05) is 21.1 Å². The van der Waals surface area contributed by atoms with Gasteiger partial charge in [-0.15, -0.1) is 0 Å². The summed E-state index contributed by atoms with van der Waals surface area (Å²) < 4.78 is 91.3. The molecule has 0 aromatic rings. The molecule has 0 amide bonds. The molecule has 2 saturated heterocycles. The van der Waals surface area contributed by atoms with Crippen molar-refractivity contribution < 1.29 is 82.9 Å². The lowest BCUT2D eigenvalue weighted by molar-refractivity contribution is -0.870. The van der Waals surface area contributed by atoms with E-state index < -0.39 is 54.7 Å². The fraction of sp³-hybridized carbons (Fsp3) is 0.884. The van der Waals surface area contributed by atoms with Gasteiger partial charge in [0, 0.05) is 39.4 Å². The second-order valence-electron chi connectivity index (χ2n) is 17.9. The summed E-state index contributed by atoms with van der Waals surface area (Å²) in [7, 11) is -3.19. The highest BCUT2D eigenvalue weighted by Crippen LogP contribution is 2.46. The number of phosphoric ester groups is 1. The van der Waals surface area contributed by atoms with Crippen molar-refractivity contribution in [1.29, 1.82) is 0 Å². The van der Waals surface area contributed by atoms with Gasteiger partial charge in [0.1, 0.15) is 32.0 Å². The molecule has 7 atom stereocenters. The lowest BCUT2D eigenvalue weighted by Gasteiger charge is -2.35. The summed E-state index contributed by atoms with van der Waals surface area (Å²) in [4.78, 5) is 45.8. The normalized spacial score (nSPS) is 22.0. The number of nitrogens with two attached hydrogens (primary N) is 1. The highest BCUT2D eigenvalue weighted by atomic mass is 32.3. The fourth-order valence-electron chi connectivity index (χ4n) is 7.42. The van der Waals surface area contributed by atoms with Gasteiger partial charge in [-0.3, -0.25) is 23.2 Å². The van der Waals surface area contributed by atoms with Crippen LogP contribution in [0.25, 0.3) is 0 Å². The zero-order valence-electron chi connectivity index (χ0n) is 39.0. The smallest absolute Gasteiger partial charge is 0.462 e. The number of hydrogen-bond acceptors (Lipinski definition) is 16. The average Bonchev–Trinajstić information content (AvgIpc) is 3.49. The fourth-order valence-corrected chi connectivity index (χ4v) is 8.51. The molecule has 0 aliphatic carbocycles. The van der Waals surface area contributed by atoms with Crippen molar-refractivity contribution in [2.24, 2.45) is 5.73 Å². The molecule has 0 aromatic carbocycles. The summed E-state index contributed by atoms with van der Waals surface area (Å²) in [5.41, 5.74) is 5.69. The van der Waals surface area contributed by atoms with Crippen molar-refractivity contribution in [2.45, 2.75) is 179 Å². The first-order valence-corrected chi connectivity index (χ1v) is 25.9. The molecule has 64 heavy (non-hydrogen) atoms. The molecule has 4 N–H and O–H groups in total. The highest BCUT2D eigenvalue weighted by Gasteiger charge is 2.54. The Hall–Kier alpha value is -2.07. The number of likely N-dealkylation sites (N-methyl/N-ethyl adjacent to an activating group) is 1. The van der Waals surface area contributed by atoms with Crippen molar-refractivity contribution in [3.05, 3.63) is 12.2 Å². The number of esters is 3. The molecule has 6 unspecified atom stereocenters. The number of nitrogens with zero attached hydrogens (tertiary/aromatic N) is 1. The van der Waals surface area contributed by atoms with Crippen LogP contribution in [0.15, 0.2) is 12.2 Å². The molecule has 2 rings (SSSR count). The van der Waals surface area contributed by atoms with Crippen molar-refractivity contribution >= 4 is 36.1 Å². The van der Waals surface area contributed by atoms with E-state index in [4.69, 9.17) is 47.8 Å². The van der Waals surface area contributed by atoms with E-state index >= 15 is 0 Å². The van der Waals surface area contributed by atoms with Gasteiger partial charge in [0.25, 0.3) is 0 Å². The Morgan fingerprint density at radius 2 is 1.45 bits per heavy atom. The third kappa shape index (κ3) is 28.9. The van der Waals surface area contributed by atoms with Gasteiger partial charge in [-0.25, -0.2) is 13.5 Å². The summed E-state index contributed by atoms with van der Waals surface area (Å²) in [6.07, 6.45) is 20.8. The predicted molar refractivity (Wildman–Crippen MR) is 237 cm³/mol. The number of hydrogen-bond donors (Lipinski definition) is 3. The number of allylic oxidation sites excluding steroid dienone is 1. The topological polar surface area (TPSA) is 252 Å². The number of quaternary nitrogens is 1. The second-order valence-corrected chi connectivity index (χ2v) is 20.4. The van der Waals surface area contributed by atoms with E-state index in [9.17, 15) is 32.3 Å². The Kier molecular flexibility index (Phi) is 28.2. The van der Waals surface area contributed by atoms with Gasteiger partial charge in [0.05, 0.1) is 53.1 Å². The van der Waals surface area contributed by atoms with Gasteiger partial charge < -0.3 is 43.5 Å². The van der Waals surface area contributed by atoms with Crippen LogP contribution in [-0.2, 0) is 71.0 Å². The summed E-state index contributed by atoms with van der Waals surface area (Å²) in [5, 5.41) is 0. The molecule has 2 fully saturated rings. The minimum absolute atomic E-state index is 0.0228. The monoisotopic (exact) mass is 959 g/mol. The molecule has 2 heterocycles. The number of carbonyl (C=O) groups is 3. The maximum absolute atomic E-state index is 12.5. The lowest BCUT2D eigenvalue weighted by atomic mass is 9.94. The Labute approximate surface area is 381 Å². The van der Waals surface area contributed by atoms with Gasteiger partial charge in [-0.05, 0) is 38.5 Å². The van der Waals surface area contributed by atoms with Crippen LogP contribution < -0.4 is 5.73 Å². The zero-order chi connectivity index (χ0) is 47.5. The number of carbonyl (C=O) groups excluding carboxylic acids is 3. The molecule has 21 heteroatoms. The van der Waals surface area contributed by atoms with Crippen LogP contribution in [0.4, 0.5) is 0 Å². The lowest BCUT2D eigenvalue weighted by Crippen LogP contribution is -2.43. The predicted octanol–water partition coefficient (Wildman–Crippen LogP) is 6.25. The molecule has 0 aromatic heterocycles. The van der Waals surface area contributed by atoms with Crippen LogP contribution >= 0.6 is 7.82 Å². The second kappa shape index (κ2) is 31.1. The third-order valence-corrected chi connectivity index (χ3v) is 12.2. The number of rotatable bonds is 38. The first-order valence-electron chi connectivity index (χ1n) is 23.1. The molecule has 374 valence electrons. The quantitative estimate of drug-likeness (QED) is 0.0118. The molecule has 2 aliphatic rings. The van der Waals surface area contributed by atoms with E-state index in [1.54, 1.807) is 6.08 Å². The van der Waals surface area contributed by atoms with Gasteiger partial charge in [-0.2, -0.15) is 8.42 Å². The molecular weight excluding hydrogens is 880 g/mol. The standard InChI is InChI=1S/C43H79N2O17PS/c1-35(46)55-33-38(34-57-63(49,50)56-30-28-45(3,4)5)60-41(48)24-20-16-14-15-19-23-40-42-39(59-36(2)47)25-27-43(61-40,62-42)26-21-17-12-10-8-6-7-9-11-13-18-22-29-54-31-37(44)32-58-64(51,52)53/h20,24,37-40,42H,6-19,21-23,25-34,44H2,1-5H3,(H-,49,50,51,52,53)/p+1/b24-20+/t37?,38-,39?,40?,42?,43?/m1/s1. The third-order valence-electron chi connectivity index (χ3n) is 10.7. The van der Waals surface area contributed by atoms with Gasteiger partial charge in [0.2, 0.25) is 0 Å². The molecule has 0 radical (unpaired) electrons.